The summed E-state index contributed by atoms with van der Waals surface area (Å²) in [7, 11) is 0. The third kappa shape index (κ3) is 5.25. The highest BCUT2D eigenvalue weighted by molar-refractivity contribution is 5.79. The number of nitrogens with zero attached hydrogens (tertiary/aromatic N) is 2. The Labute approximate surface area is 137 Å². The van der Waals surface area contributed by atoms with Gasteiger partial charge < -0.3 is 15.4 Å². The van der Waals surface area contributed by atoms with Gasteiger partial charge in [-0.05, 0) is 25.5 Å². The molecule has 1 aromatic carbocycles. The van der Waals surface area contributed by atoms with Gasteiger partial charge in [0, 0.05) is 32.6 Å². The summed E-state index contributed by atoms with van der Waals surface area (Å²) in [5.74, 6) is 0.657. The van der Waals surface area contributed by atoms with Crippen molar-refractivity contribution in [3.05, 3.63) is 30.3 Å². The average molecular weight is 319 g/mol. The van der Waals surface area contributed by atoms with Gasteiger partial charge in [0.2, 0.25) is 11.8 Å². The predicted molar refractivity (Wildman–Crippen MR) is 88.0 cm³/mol. The number of hydrogen-bond donors (Lipinski definition) is 1. The number of ether oxygens (including phenoxy) is 1. The molecule has 6 nitrogen and oxygen atoms in total. The molecule has 1 unspecified atom stereocenters. The van der Waals surface area contributed by atoms with Crippen molar-refractivity contribution in [2.24, 2.45) is 5.73 Å². The first-order valence-corrected chi connectivity index (χ1v) is 8.07. The van der Waals surface area contributed by atoms with Gasteiger partial charge in [-0.25, -0.2) is 0 Å². The molecular weight excluding hydrogens is 294 g/mol. The Hall–Kier alpha value is -2.08. The summed E-state index contributed by atoms with van der Waals surface area (Å²) in [6.45, 7) is 5.02. The van der Waals surface area contributed by atoms with Crippen LogP contribution in [0.3, 0.4) is 0 Å². The topological polar surface area (TPSA) is 75.9 Å². The Kier molecular flexibility index (Phi) is 6.40. The third-order valence-corrected chi connectivity index (χ3v) is 4.17. The summed E-state index contributed by atoms with van der Waals surface area (Å²) in [5, 5.41) is 0. The van der Waals surface area contributed by atoms with Crippen molar-refractivity contribution >= 4 is 11.8 Å². The molecule has 2 N–H and O–H groups in total. The minimum Gasteiger partial charge on any atom is -0.494 e. The first kappa shape index (κ1) is 17.3. The maximum atomic E-state index is 12.2. The van der Waals surface area contributed by atoms with Crippen LogP contribution < -0.4 is 10.5 Å². The van der Waals surface area contributed by atoms with E-state index in [1.165, 1.54) is 0 Å². The van der Waals surface area contributed by atoms with Gasteiger partial charge in [0.25, 0.3) is 0 Å². The van der Waals surface area contributed by atoms with Crippen LogP contribution in [0.5, 0.6) is 5.75 Å². The Morgan fingerprint density at radius 2 is 1.83 bits per heavy atom. The monoisotopic (exact) mass is 319 g/mol. The maximum Gasteiger partial charge on any atom is 0.234 e. The highest BCUT2D eigenvalue weighted by Gasteiger charge is 2.25. The quantitative estimate of drug-likeness (QED) is 0.757. The second-order valence-corrected chi connectivity index (χ2v) is 5.76. The Morgan fingerprint density at radius 3 is 2.43 bits per heavy atom. The molecule has 1 saturated heterocycles. The highest BCUT2D eigenvalue weighted by Crippen LogP contribution is 2.11. The lowest BCUT2D eigenvalue weighted by Crippen LogP contribution is -2.54. The molecule has 1 aromatic rings. The van der Waals surface area contributed by atoms with Crippen LogP contribution in [-0.2, 0) is 9.59 Å². The summed E-state index contributed by atoms with van der Waals surface area (Å²) in [6, 6.07) is 9.32. The number of rotatable bonds is 7. The Bertz CT molecular complexity index is 513. The minimum absolute atomic E-state index is 0.146. The molecule has 2 rings (SSSR count). The molecule has 126 valence electrons. The van der Waals surface area contributed by atoms with Crippen molar-refractivity contribution in [3.63, 3.8) is 0 Å². The smallest absolute Gasteiger partial charge is 0.234 e. The van der Waals surface area contributed by atoms with Crippen LogP contribution in [0.2, 0.25) is 0 Å². The summed E-state index contributed by atoms with van der Waals surface area (Å²) < 4.78 is 5.59. The number of carbonyl (C=O) groups is 2. The molecule has 1 atom stereocenters. The van der Waals surface area contributed by atoms with E-state index >= 15 is 0 Å². The number of nitrogens with two attached hydrogens (primary N) is 1. The molecule has 0 saturated carbocycles. The summed E-state index contributed by atoms with van der Waals surface area (Å²) in [4.78, 5) is 27.2. The highest BCUT2D eigenvalue weighted by atomic mass is 16.5. The second-order valence-electron chi connectivity index (χ2n) is 5.76. The SMILES string of the molecule is CC(C(N)=O)N1CCN(C(=O)CCCOc2ccccc2)CC1. The minimum atomic E-state index is -0.317. The number of piperazine rings is 1. The molecule has 1 aliphatic rings. The fourth-order valence-corrected chi connectivity index (χ4v) is 2.63. The lowest BCUT2D eigenvalue weighted by Gasteiger charge is -2.37. The first-order chi connectivity index (χ1) is 11.1. The van der Waals surface area contributed by atoms with E-state index < -0.39 is 0 Å². The molecule has 0 spiro atoms. The normalized spacial score (nSPS) is 16.8. The van der Waals surface area contributed by atoms with Crippen molar-refractivity contribution in [3.8, 4) is 5.75 Å². The fraction of sp³-hybridized carbons (Fsp3) is 0.529. The maximum absolute atomic E-state index is 12.2. The largest absolute Gasteiger partial charge is 0.494 e. The van der Waals surface area contributed by atoms with Crippen LogP contribution in [-0.4, -0.2) is 60.4 Å². The molecule has 23 heavy (non-hydrogen) atoms. The van der Waals surface area contributed by atoms with Gasteiger partial charge in [-0.1, -0.05) is 18.2 Å². The van der Waals surface area contributed by atoms with Crippen LogP contribution in [0.15, 0.2) is 30.3 Å². The molecule has 6 heteroatoms. The van der Waals surface area contributed by atoms with E-state index in [0.29, 0.717) is 45.6 Å². The third-order valence-electron chi connectivity index (χ3n) is 4.17. The number of primary amides is 1. The lowest BCUT2D eigenvalue weighted by atomic mass is 10.2. The van der Waals surface area contributed by atoms with E-state index in [0.717, 1.165) is 5.75 Å². The number of carbonyl (C=O) groups excluding carboxylic acids is 2. The molecule has 2 amide bonds. The van der Waals surface area contributed by atoms with Crippen molar-refractivity contribution in [1.29, 1.82) is 0 Å². The van der Waals surface area contributed by atoms with Crippen LogP contribution in [0.1, 0.15) is 19.8 Å². The fourth-order valence-electron chi connectivity index (χ4n) is 2.63. The van der Waals surface area contributed by atoms with E-state index in [1.54, 1.807) is 6.92 Å². The van der Waals surface area contributed by atoms with Crippen LogP contribution in [0.4, 0.5) is 0 Å². The van der Waals surface area contributed by atoms with E-state index in [-0.39, 0.29) is 17.9 Å². The zero-order chi connectivity index (χ0) is 16.7. The van der Waals surface area contributed by atoms with Crippen molar-refractivity contribution in [2.75, 3.05) is 32.8 Å². The number of benzene rings is 1. The molecule has 1 fully saturated rings. The molecule has 1 aliphatic heterocycles. The zero-order valence-electron chi connectivity index (χ0n) is 13.6. The number of para-hydroxylation sites is 1. The average Bonchev–Trinajstić information content (AvgIpc) is 2.59. The van der Waals surface area contributed by atoms with E-state index in [1.807, 2.05) is 40.1 Å². The second kappa shape index (κ2) is 8.53. The lowest BCUT2D eigenvalue weighted by molar-refractivity contribution is -0.134. The Morgan fingerprint density at radius 1 is 1.17 bits per heavy atom. The zero-order valence-corrected chi connectivity index (χ0v) is 13.6. The van der Waals surface area contributed by atoms with Gasteiger partial charge in [0.05, 0.1) is 12.6 Å². The molecule has 0 radical (unpaired) electrons. The van der Waals surface area contributed by atoms with Crippen molar-refractivity contribution < 1.29 is 14.3 Å². The van der Waals surface area contributed by atoms with Gasteiger partial charge in [0.15, 0.2) is 0 Å². The summed E-state index contributed by atoms with van der Waals surface area (Å²) >= 11 is 0. The van der Waals surface area contributed by atoms with Gasteiger partial charge in [-0.3, -0.25) is 14.5 Å². The number of hydrogen-bond acceptors (Lipinski definition) is 4. The molecule has 1 heterocycles. The van der Waals surface area contributed by atoms with Gasteiger partial charge in [0.1, 0.15) is 5.75 Å². The number of amides is 2. The summed E-state index contributed by atoms with van der Waals surface area (Å²) in [6.07, 6.45) is 1.18. The molecular formula is C17H25N3O3. The predicted octanol–water partition coefficient (Wildman–Crippen LogP) is 0.864. The van der Waals surface area contributed by atoms with Gasteiger partial charge >= 0.3 is 0 Å². The Balaban J connectivity index is 1.64. The standard InChI is InChI=1S/C17H25N3O3/c1-14(17(18)22)19-9-11-20(12-10-19)16(21)8-5-13-23-15-6-3-2-4-7-15/h2-4,6-7,14H,5,8-13H2,1H3,(H2,18,22). The van der Waals surface area contributed by atoms with Crippen LogP contribution in [0, 0.1) is 0 Å². The molecule has 0 aromatic heterocycles. The van der Waals surface area contributed by atoms with E-state index in [9.17, 15) is 9.59 Å². The molecule has 0 aliphatic carbocycles. The van der Waals surface area contributed by atoms with Crippen molar-refractivity contribution in [2.45, 2.75) is 25.8 Å². The van der Waals surface area contributed by atoms with Crippen molar-refractivity contribution in [1.82, 2.24) is 9.80 Å². The van der Waals surface area contributed by atoms with Crippen LogP contribution in [0.25, 0.3) is 0 Å². The first-order valence-electron chi connectivity index (χ1n) is 8.07. The van der Waals surface area contributed by atoms with Gasteiger partial charge in [-0.15, -0.1) is 0 Å². The van der Waals surface area contributed by atoms with E-state index in [2.05, 4.69) is 0 Å². The summed E-state index contributed by atoms with van der Waals surface area (Å²) in [5.41, 5.74) is 5.32. The van der Waals surface area contributed by atoms with Crippen LogP contribution >= 0.6 is 0 Å². The van der Waals surface area contributed by atoms with E-state index in [4.69, 9.17) is 10.5 Å². The molecule has 0 bridgehead atoms. The van der Waals surface area contributed by atoms with Gasteiger partial charge in [-0.2, -0.15) is 0 Å².